The first-order valence-corrected chi connectivity index (χ1v) is 12.6. The topological polar surface area (TPSA) is 139 Å². The fourth-order valence-corrected chi connectivity index (χ4v) is 4.00. The molecule has 0 fully saturated rings. The van der Waals surface area contributed by atoms with Gasteiger partial charge in [-0.2, -0.15) is 0 Å². The number of nitrogens with two attached hydrogens (primary N) is 2. The Morgan fingerprint density at radius 1 is 1.00 bits per heavy atom. The Morgan fingerprint density at radius 3 is 2.19 bits per heavy atom. The van der Waals surface area contributed by atoms with Gasteiger partial charge in [-0.15, -0.1) is 0 Å². The maximum atomic E-state index is 14.0. The van der Waals surface area contributed by atoms with Crippen LogP contribution in [0.4, 0.5) is 0 Å². The van der Waals surface area contributed by atoms with Gasteiger partial charge < -0.3 is 26.8 Å². The fourth-order valence-electron chi connectivity index (χ4n) is 4.00. The Bertz CT molecular complexity index is 979. The van der Waals surface area contributed by atoms with Crippen LogP contribution in [0.2, 0.25) is 0 Å². The SMILES string of the molecule is CCCC[C@@H](C(N)=O)N(CCc1ccccc1)C(=O)[C@H](Cc1ccc(O)cc1)NC(=O)[C@@H](N)C(C)C. The third-order valence-corrected chi connectivity index (χ3v) is 6.31. The number of unbranched alkanes of at least 4 members (excludes halogenated alkanes) is 1. The van der Waals surface area contributed by atoms with E-state index in [1.54, 1.807) is 12.1 Å². The van der Waals surface area contributed by atoms with Crippen molar-refractivity contribution in [2.24, 2.45) is 17.4 Å². The van der Waals surface area contributed by atoms with Crippen LogP contribution in [0.3, 0.4) is 0 Å². The molecule has 2 aromatic carbocycles. The van der Waals surface area contributed by atoms with E-state index in [4.69, 9.17) is 11.5 Å². The number of primary amides is 1. The molecule has 0 spiro atoms. The molecule has 8 nitrogen and oxygen atoms in total. The first kappa shape index (κ1) is 28.8. The zero-order valence-corrected chi connectivity index (χ0v) is 21.5. The van der Waals surface area contributed by atoms with E-state index in [-0.39, 0.29) is 30.5 Å². The normalized spacial score (nSPS) is 13.6. The Hall–Kier alpha value is -3.39. The average Bonchev–Trinajstić information content (AvgIpc) is 2.86. The molecule has 0 saturated carbocycles. The van der Waals surface area contributed by atoms with E-state index in [1.807, 2.05) is 51.1 Å². The first-order valence-electron chi connectivity index (χ1n) is 12.6. The van der Waals surface area contributed by atoms with E-state index in [1.165, 1.54) is 17.0 Å². The van der Waals surface area contributed by atoms with Crippen molar-refractivity contribution in [2.45, 2.75) is 71.0 Å². The van der Waals surface area contributed by atoms with Gasteiger partial charge in [0.2, 0.25) is 17.7 Å². The zero-order chi connectivity index (χ0) is 26.7. The number of hydrogen-bond donors (Lipinski definition) is 4. The lowest BCUT2D eigenvalue weighted by atomic mass is 9.99. The van der Waals surface area contributed by atoms with Gasteiger partial charge in [-0.25, -0.2) is 0 Å². The van der Waals surface area contributed by atoms with E-state index in [2.05, 4.69) is 5.32 Å². The van der Waals surface area contributed by atoms with Gasteiger partial charge in [0.1, 0.15) is 17.8 Å². The molecule has 0 aromatic heterocycles. The Balaban J connectivity index is 2.39. The van der Waals surface area contributed by atoms with Crippen LogP contribution in [-0.4, -0.2) is 52.4 Å². The lowest BCUT2D eigenvalue weighted by Gasteiger charge is -2.34. The van der Waals surface area contributed by atoms with Crippen LogP contribution in [0, 0.1) is 5.92 Å². The van der Waals surface area contributed by atoms with Crippen molar-refractivity contribution in [3.05, 3.63) is 65.7 Å². The number of carbonyl (C=O) groups excluding carboxylic acids is 3. The van der Waals surface area contributed by atoms with Crippen LogP contribution in [0.1, 0.15) is 51.2 Å². The molecular formula is C28H40N4O4. The molecule has 6 N–H and O–H groups in total. The third kappa shape index (κ3) is 8.68. The molecule has 0 radical (unpaired) electrons. The van der Waals surface area contributed by atoms with Gasteiger partial charge in [0.25, 0.3) is 0 Å². The molecule has 0 aliphatic heterocycles. The van der Waals surface area contributed by atoms with Gasteiger partial charge >= 0.3 is 0 Å². The molecule has 2 aromatic rings. The summed E-state index contributed by atoms with van der Waals surface area (Å²) >= 11 is 0. The van der Waals surface area contributed by atoms with E-state index in [0.717, 1.165) is 24.0 Å². The number of nitrogens with one attached hydrogen (secondary N) is 1. The molecule has 0 aliphatic carbocycles. The van der Waals surface area contributed by atoms with E-state index in [9.17, 15) is 19.5 Å². The largest absolute Gasteiger partial charge is 0.508 e. The lowest BCUT2D eigenvalue weighted by molar-refractivity contribution is -0.143. The van der Waals surface area contributed by atoms with Crippen molar-refractivity contribution in [1.29, 1.82) is 0 Å². The standard InChI is InChI=1S/C28H40N4O4/c1-4-5-11-24(26(30)34)32(17-16-20-9-7-6-8-10-20)28(36)23(31-27(35)25(29)19(2)3)18-21-12-14-22(33)15-13-21/h6-10,12-15,19,23-25,33H,4-5,11,16-18,29H2,1-3H3,(H2,30,34)(H,31,35)/t23-,24-,25-/m0/s1. The van der Waals surface area contributed by atoms with Crippen LogP contribution in [0.5, 0.6) is 5.75 Å². The van der Waals surface area contributed by atoms with Gasteiger partial charge in [-0.3, -0.25) is 14.4 Å². The molecule has 0 bridgehead atoms. The highest BCUT2D eigenvalue weighted by atomic mass is 16.3. The minimum Gasteiger partial charge on any atom is -0.508 e. The number of phenolic OH excluding ortho intramolecular Hbond substituents is 1. The van der Waals surface area contributed by atoms with Crippen molar-refractivity contribution in [2.75, 3.05) is 6.54 Å². The average molecular weight is 497 g/mol. The molecular weight excluding hydrogens is 456 g/mol. The van der Waals surface area contributed by atoms with Gasteiger partial charge in [0.05, 0.1) is 6.04 Å². The summed E-state index contributed by atoms with van der Waals surface area (Å²) in [7, 11) is 0. The predicted molar refractivity (Wildman–Crippen MR) is 141 cm³/mol. The number of aromatic hydroxyl groups is 1. The van der Waals surface area contributed by atoms with E-state index >= 15 is 0 Å². The van der Waals surface area contributed by atoms with Crippen molar-refractivity contribution in [3.8, 4) is 5.75 Å². The number of carbonyl (C=O) groups is 3. The molecule has 2 rings (SSSR count). The Labute approximate surface area is 214 Å². The van der Waals surface area contributed by atoms with Gasteiger partial charge in [-0.05, 0) is 42.0 Å². The number of rotatable bonds is 14. The van der Waals surface area contributed by atoms with E-state index < -0.39 is 29.9 Å². The molecule has 0 heterocycles. The maximum Gasteiger partial charge on any atom is 0.246 e. The molecule has 0 saturated heterocycles. The predicted octanol–water partition coefficient (Wildman–Crippen LogP) is 2.52. The Morgan fingerprint density at radius 2 is 1.64 bits per heavy atom. The summed E-state index contributed by atoms with van der Waals surface area (Å²) in [6, 6.07) is 13.6. The molecule has 3 amide bonds. The Kier molecular flexibility index (Phi) is 11.4. The summed E-state index contributed by atoms with van der Waals surface area (Å²) in [4.78, 5) is 40.9. The number of phenols is 1. The highest BCUT2D eigenvalue weighted by molar-refractivity contribution is 5.93. The van der Waals surface area contributed by atoms with Crippen molar-refractivity contribution < 1.29 is 19.5 Å². The van der Waals surface area contributed by atoms with Crippen LogP contribution >= 0.6 is 0 Å². The van der Waals surface area contributed by atoms with Crippen LogP contribution < -0.4 is 16.8 Å². The third-order valence-electron chi connectivity index (χ3n) is 6.31. The second-order valence-corrected chi connectivity index (χ2v) is 9.53. The molecule has 8 heteroatoms. The monoisotopic (exact) mass is 496 g/mol. The summed E-state index contributed by atoms with van der Waals surface area (Å²) in [6.45, 7) is 5.95. The quantitative estimate of drug-likeness (QED) is 0.318. The highest BCUT2D eigenvalue weighted by Crippen LogP contribution is 2.17. The highest BCUT2D eigenvalue weighted by Gasteiger charge is 2.34. The van der Waals surface area contributed by atoms with Crippen molar-refractivity contribution in [1.82, 2.24) is 10.2 Å². The first-order chi connectivity index (χ1) is 17.1. The van der Waals surface area contributed by atoms with Gasteiger partial charge in [-0.1, -0.05) is 76.1 Å². The maximum absolute atomic E-state index is 14.0. The van der Waals surface area contributed by atoms with Gasteiger partial charge in [0.15, 0.2) is 0 Å². The summed E-state index contributed by atoms with van der Waals surface area (Å²) in [6.07, 6.45) is 2.74. The second kappa shape index (κ2) is 14.2. The number of nitrogens with zero attached hydrogens (tertiary/aromatic N) is 1. The number of benzene rings is 2. The van der Waals surface area contributed by atoms with Crippen LogP contribution in [-0.2, 0) is 27.2 Å². The van der Waals surface area contributed by atoms with Gasteiger partial charge in [0, 0.05) is 13.0 Å². The zero-order valence-electron chi connectivity index (χ0n) is 21.5. The summed E-state index contributed by atoms with van der Waals surface area (Å²) in [5, 5.41) is 12.5. The molecule has 3 atom stereocenters. The molecule has 0 unspecified atom stereocenters. The second-order valence-electron chi connectivity index (χ2n) is 9.53. The summed E-state index contributed by atoms with van der Waals surface area (Å²) in [5.41, 5.74) is 13.6. The van der Waals surface area contributed by atoms with E-state index in [0.29, 0.717) is 12.8 Å². The minimum atomic E-state index is -0.953. The fraction of sp³-hybridized carbons (Fsp3) is 0.464. The molecule has 0 aliphatic rings. The van der Waals surface area contributed by atoms with Crippen molar-refractivity contribution in [3.63, 3.8) is 0 Å². The number of hydrogen-bond acceptors (Lipinski definition) is 5. The van der Waals surface area contributed by atoms with Crippen LogP contribution in [0.15, 0.2) is 54.6 Å². The summed E-state index contributed by atoms with van der Waals surface area (Å²) in [5.74, 6) is -1.41. The lowest BCUT2D eigenvalue weighted by Crippen LogP contribution is -2.58. The van der Waals surface area contributed by atoms with Crippen LogP contribution in [0.25, 0.3) is 0 Å². The molecule has 196 valence electrons. The van der Waals surface area contributed by atoms with Crippen molar-refractivity contribution >= 4 is 17.7 Å². The smallest absolute Gasteiger partial charge is 0.246 e. The minimum absolute atomic E-state index is 0.102. The summed E-state index contributed by atoms with van der Waals surface area (Å²) < 4.78 is 0. The molecule has 36 heavy (non-hydrogen) atoms. The number of amides is 3.